The fourth-order valence-electron chi connectivity index (χ4n) is 3.31. The van der Waals surface area contributed by atoms with Gasteiger partial charge in [-0.2, -0.15) is 0 Å². The topological polar surface area (TPSA) is 107 Å². The Bertz CT molecular complexity index is 1220. The molecule has 0 aliphatic rings. The van der Waals surface area contributed by atoms with Gasteiger partial charge in [-0.25, -0.2) is 9.97 Å². The number of carbonyl (C=O) groups is 1. The molecule has 0 unspecified atom stereocenters. The molecular formula is C24H25N7O2. The lowest BCUT2D eigenvalue weighted by atomic mass is 10.1. The fraction of sp³-hybridized carbons (Fsp3) is 0.208. The first kappa shape index (κ1) is 21.9. The normalized spacial score (nSPS) is 10.6. The molecule has 4 rings (SSSR count). The van der Waals surface area contributed by atoms with Gasteiger partial charge in [0, 0.05) is 31.0 Å². The monoisotopic (exact) mass is 443 g/mol. The van der Waals surface area contributed by atoms with E-state index in [1.807, 2.05) is 61.0 Å². The Morgan fingerprint density at radius 2 is 1.94 bits per heavy atom. The molecule has 0 spiro atoms. The van der Waals surface area contributed by atoms with Crippen LogP contribution in [0.15, 0.2) is 67.1 Å². The second-order valence-corrected chi connectivity index (χ2v) is 7.29. The molecule has 9 nitrogen and oxygen atoms in total. The van der Waals surface area contributed by atoms with Crippen molar-refractivity contribution in [3.05, 3.63) is 84.1 Å². The van der Waals surface area contributed by atoms with Gasteiger partial charge in [0.1, 0.15) is 17.8 Å². The van der Waals surface area contributed by atoms with Gasteiger partial charge in [-0.1, -0.05) is 18.2 Å². The maximum absolute atomic E-state index is 12.7. The van der Waals surface area contributed by atoms with Gasteiger partial charge in [0.15, 0.2) is 11.6 Å². The van der Waals surface area contributed by atoms with Gasteiger partial charge in [-0.05, 0) is 48.9 Å². The predicted molar refractivity (Wildman–Crippen MR) is 125 cm³/mol. The zero-order chi connectivity index (χ0) is 23.0. The summed E-state index contributed by atoms with van der Waals surface area (Å²) in [5.74, 6) is 2.05. The smallest absolute Gasteiger partial charge is 0.251 e. The summed E-state index contributed by atoms with van der Waals surface area (Å²) in [7, 11) is 1.89. The van der Waals surface area contributed by atoms with Crippen LogP contribution in [0.4, 0.5) is 5.69 Å². The van der Waals surface area contributed by atoms with Crippen molar-refractivity contribution >= 4 is 11.6 Å². The van der Waals surface area contributed by atoms with Crippen LogP contribution >= 0.6 is 0 Å². The molecule has 168 valence electrons. The van der Waals surface area contributed by atoms with Crippen LogP contribution < -0.4 is 15.4 Å². The lowest BCUT2D eigenvalue weighted by Crippen LogP contribution is -2.22. The average molecular weight is 444 g/mol. The van der Waals surface area contributed by atoms with Crippen LogP contribution in [-0.2, 0) is 20.1 Å². The summed E-state index contributed by atoms with van der Waals surface area (Å²) < 4.78 is 7.39. The highest BCUT2D eigenvalue weighted by atomic mass is 16.5. The van der Waals surface area contributed by atoms with Crippen LogP contribution in [0.1, 0.15) is 28.7 Å². The third-order valence-corrected chi connectivity index (χ3v) is 5.01. The van der Waals surface area contributed by atoms with Gasteiger partial charge in [0.05, 0.1) is 13.2 Å². The predicted octanol–water partition coefficient (Wildman–Crippen LogP) is 3.21. The van der Waals surface area contributed by atoms with Crippen molar-refractivity contribution in [1.29, 1.82) is 0 Å². The van der Waals surface area contributed by atoms with E-state index >= 15 is 0 Å². The molecule has 2 aromatic carbocycles. The Hall–Kier alpha value is -4.27. The van der Waals surface area contributed by atoms with E-state index in [1.165, 1.54) is 6.33 Å². The standard InChI is InChI=1S/C24H25N7O2/c1-3-33-20-9-4-6-17(12-20)14-27-24(32)18-7-5-8-19(13-18)26-15-22-29-30-23(31(22)2)21-10-11-25-16-28-21/h4-13,16,26H,3,14-15H2,1-2H3,(H,27,32). The van der Waals surface area contributed by atoms with Gasteiger partial charge in [-0.15, -0.1) is 10.2 Å². The summed E-state index contributed by atoms with van der Waals surface area (Å²) in [6.45, 7) is 3.41. The Balaban J connectivity index is 1.37. The molecule has 0 saturated heterocycles. The van der Waals surface area contributed by atoms with Gasteiger partial charge in [-0.3, -0.25) is 4.79 Å². The van der Waals surface area contributed by atoms with Crippen molar-refractivity contribution in [2.24, 2.45) is 7.05 Å². The Kier molecular flexibility index (Phi) is 6.89. The average Bonchev–Trinajstić information content (AvgIpc) is 3.22. The molecule has 0 radical (unpaired) electrons. The number of ether oxygens (including phenoxy) is 1. The highest BCUT2D eigenvalue weighted by molar-refractivity contribution is 5.95. The van der Waals surface area contributed by atoms with Gasteiger partial charge in [0.25, 0.3) is 5.91 Å². The molecule has 0 saturated carbocycles. The van der Waals surface area contributed by atoms with E-state index in [1.54, 1.807) is 18.3 Å². The number of nitrogens with zero attached hydrogens (tertiary/aromatic N) is 5. The second kappa shape index (κ2) is 10.4. The number of benzene rings is 2. The molecule has 0 fully saturated rings. The van der Waals surface area contributed by atoms with Crippen LogP contribution in [0.3, 0.4) is 0 Å². The van der Waals surface area contributed by atoms with Crippen LogP contribution in [0.5, 0.6) is 5.75 Å². The van der Waals surface area contributed by atoms with E-state index in [2.05, 4.69) is 30.8 Å². The highest BCUT2D eigenvalue weighted by Gasteiger charge is 2.12. The Morgan fingerprint density at radius 3 is 2.76 bits per heavy atom. The lowest BCUT2D eigenvalue weighted by molar-refractivity contribution is 0.0951. The first-order chi connectivity index (χ1) is 16.1. The van der Waals surface area contributed by atoms with E-state index in [0.717, 1.165) is 22.8 Å². The van der Waals surface area contributed by atoms with Crippen LogP contribution in [0.2, 0.25) is 0 Å². The minimum absolute atomic E-state index is 0.148. The molecule has 2 N–H and O–H groups in total. The summed E-state index contributed by atoms with van der Waals surface area (Å²) in [6, 6.07) is 16.8. The van der Waals surface area contributed by atoms with Crippen molar-refractivity contribution in [2.75, 3.05) is 11.9 Å². The molecule has 2 aromatic heterocycles. The number of hydrogen-bond acceptors (Lipinski definition) is 7. The quantitative estimate of drug-likeness (QED) is 0.409. The number of amides is 1. The van der Waals surface area contributed by atoms with Crippen LogP contribution in [-0.4, -0.2) is 37.2 Å². The number of anilines is 1. The van der Waals surface area contributed by atoms with E-state index in [-0.39, 0.29) is 5.91 Å². The number of rotatable bonds is 9. The van der Waals surface area contributed by atoms with E-state index in [9.17, 15) is 4.79 Å². The minimum Gasteiger partial charge on any atom is -0.494 e. The fourth-order valence-corrected chi connectivity index (χ4v) is 3.31. The molecule has 9 heteroatoms. The van der Waals surface area contributed by atoms with Crippen molar-refractivity contribution < 1.29 is 9.53 Å². The van der Waals surface area contributed by atoms with Crippen LogP contribution in [0, 0.1) is 0 Å². The number of carbonyl (C=O) groups excluding carboxylic acids is 1. The molecular weight excluding hydrogens is 418 g/mol. The first-order valence-electron chi connectivity index (χ1n) is 10.6. The number of aromatic nitrogens is 5. The van der Waals surface area contributed by atoms with Crippen LogP contribution in [0.25, 0.3) is 11.5 Å². The summed E-state index contributed by atoms with van der Waals surface area (Å²) in [5.41, 5.74) is 3.07. The summed E-state index contributed by atoms with van der Waals surface area (Å²) >= 11 is 0. The molecule has 0 aliphatic carbocycles. The highest BCUT2D eigenvalue weighted by Crippen LogP contribution is 2.16. The third-order valence-electron chi connectivity index (χ3n) is 5.01. The van der Waals surface area contributed by atoms with E-state index < -0.39 is 0 Å². The summed E-state index contributed by atoms with van der Waals surface area (Å²) in [4.78, 5) is 20.8. The zero-order valence-electron chi connectivity index (χ0n) is 18.5. The molecule has 33 heavy (non-hydrogen) atoms. The first-order valence-corrected chi connectivity index (χ1v) is 10.6. The Morgan fingerprint density at radius 1 is 1.06 bits per heavy atom. The molecule has 4 aromatic rings. The van der Waals surface area contributed by atoms with E-state index in [0.29, 0.717) is 36.8 Å². The minimum atomic E-state index is -0.148. The maximum Gasteiger partial charge on any atom is 0.251 e. The lowest BCUT2D eigenvalue weighted by Gasteiger charge is -2.10. The Labute approximate surface area is 191 Å². The van der Waals surface area contributed by atoms with Crippen molar-refractivity contribution in [3.63, 3.8) is 0 Å². The van der Waals surface area contributed by atoms with Crippen molar-refractivity contribution in [1.82, 2.24) is 30.0 Å². The molecule has 0 aliphatic heterocycles. The number of hydrogen-bond donors (Lipinski definition) is 2. The van der Waals surface area contributed by atoms with Gasteiger partial charge < -0.3 is 19.9 Å². The van der Waals surface area contributed by atoms with E-state index in [4.69, 9.17) is 4.74 Å². The van der Waals surface area contributed by atoms with Gasteiger partial charge in [0.2, 0.25) is 0 Å². The van der Waals surface area contributed by atoms with Gasteiger partial charge >= 0.3 is 0 Å². The number of nitrogens with one attached hydrogen (secondary N) is 2. The maximum atomic E-state index is 12.7. The molecule has 0 bridgehead atoms. The molecule has 1 amide bonds. The second-order valence-electron chi connectivity index (χ2n) is 7.29. The largest absolute Gasteiger partial charge is 0.494 e. The third kappa shape index (κ3) is 5.51. The molecule has 2 heterocycles. The van der Waals surface area contributed by atoms with Crippen molar-refractivity contribution in [3.8, 4) is 17.3 Å². The summed E-state index contributed by atoms with van der Waals surface area (Å²) in [5, 5.41) is 14.7. The van der Waals surface area contributed by atoms with Crippen molar-refractivity contribution in [2.45, 2.75) is 20.0 Å². The SMILES string of the molecule is CCOc1cccc(CNC(=O)c2cccc(NCc3nnc(-c4ccncn4)n3C)c2)c1. The zero-order valence-corrected chi connectivity index (χ0v) is 18.5. The molecule has 0 atom stereocenters. The summed E-state index contributed by atoms with van der Waals surface area (Å²) in [6.07, 6.45) is 3.15.